The number of thiol groups is 1. The van der Waals surface area contributed by atoms with Gasteiger partial charge in [-0.3, -0.25) is 4.90 Å². The first kappa shape index (κ1) is 9.27. The Kier molecular flexibility index (Phi) is 5.24. The lowest BCUT2D eigenvalue weighted by atomic mass is 10.5. The van der Waals surface area contributed by atoms with Crippen LogP contribution in [0.1, 0.15) is 6.92 Å². The minimum Gasteiger partial charge on any atom is -0.301 e. The molecule has 1 N–H and O–H groups in total. The molecule has 0 saturated carbocycles. The Balaban J connectivity index is 3.41. The van der Waals surface area contributed by atoms with Crippen molar-refractivity contribution in [1.82, 2.24) is 10.2 Å². The summed E-state index contributed by atoms with van der Waals surface area (Å²) in [6, 6.07) is 0. The van der Waals surface area contributed by atoms with Gasteiger partial charge < -0.3 is 5.32 Å². The molecule has 0 heterocycles. The molecular formula is C6H16N2S. The first-order chi connectivity index (χ1) is 4.22. The van der Waals surface area contributed by atoms with Gasteiger partial charge in [-0.2, -0.15) is 12.6 Å². The van der Waals surface area contributed by atoms with Crippen molar-refractivity contribution in [1.29, 1.82) is 0 Å². The standard InChI is InChI=1S/C6H16N2S/c1-4-7-6(5-9)8(2)3/h6-7,9H,4-5H2,1-3H3. The lowest BCUT2D eigenvalue weighted by Crippen LogP contribution is -2.42. The van der Waals surface area contributed by atoms with Crippen molar-refractivity contribution in [3.05, 3.63) is 0 Å². The van der Waals surface area contributed by atoms with Crippen molar-refractivity contribution >= 4 is 12.6 Å². The molecule has 0 aromatic carbocycles. The molecular weight excluding hydrogens is 132 g/mol. The Bertz CT molecular complexity index is 66.1. The fourth-order valence-electron chi connectivity index (χ4n) is 0.646. The molecule has 1 unspecified atom stereocenters. The van der Waals surface area contributed by atoms with Gasteiger partial charge in [0, 0.05) is 5.75 Å². The summed E-state index contributed by atoms with van der Waals surface area (Å²) in [6.45, 7) is 3.10. The van der Waals surface area contributed by atoms with E-state index in [1.165, 1.54) is 0 Å². The third kappa shape index (κ3) is 3.78. The van der Waals surface area contributed by atoms with E-state index in [1.807, 2.05) is 14.1 Å². The second-order valence-electron chi connectivity index (χ2n) is 2.22. The van der Waals surface area contributed by atoms with E-state index < -0.39 is 0 Å². The Morgan fingerprint density at radius 1 is 1.56 bits per heavy atom. The summed E-state index contributed by atoms with van der Waals surface area (Å²) < 4.78 is 0. The largest absolute Gasteiger partial charge is 0.301 e. The molecule has 9 heavy (non-hydrogen) atoms. The number of rotatable bonds is 4. The molecule has 1 atom stereocenters. The number of hydrogen-bond donors (Lipinski definition) is 2. The summed E-state index contributed by atoms with van der Waals surface area (Å²) in [7, 11) is 4.09. The van der Waals surface area contributed by atoms with Crippen LogP contribution in [0.3, 0.4) is 0 Å². The maximum atomic E-state index is 4.18. The molecule has 2 nitrogen and oxygen atoms in total. The van der Waals surface area contributed by atoms with Crippen LogP contribution in [0.25, 0.3) is 0 Å². The van der Waals surface area contributed by atoms with Gasteiger partial charge in [0.15, 0.2) is 0 Å². The number of hydrogen-bond acceptors (Lipinski definition) is 3. The Labute approximate surface area is 63.0 Å². The topological polar surface area (TPSA) is 15.3 Å². The molecule has 56 valence electrons. The molecule has 0 rings (SSSR count). The molecule has 0 saturated heterocycles. The van der Waals surface area contributed by atoms with E-state index in [1.54, 1.807) is 0 Å². The summed E-state index contributed by atoms with van der Waals surface area (Å²) in [4.78, 5) is 2.12. The van der Waals surface area contributed by atoms with E-state index in [-0.39, 0.29) is 0 Å². The number of nitrogens with one attached hydrogen (secondary N) is 1. The Morgan fingerprint density at radius 2 is 2.11 bits per heavy atom. The smallest absolute Gasteiger partial charge is 0.0682 e. The highest BCUT2D eigenvalue weighted by Gasteiger charge is 2.04. The van der Waals surface area contributed by atoms with E-state index in [9.17, 15) is 0 Å². The highest BCUT2D eigenvalue weighted by Crippen LogP contribution is 1.89. The van der Waals surface area contributed by atoms with Crippen LogP contribution in [0.4, 0.5) is 0 Å². The van der Waals surface area contributed by atoms with Crippen LogP contribution < -0.4 is 5.32 Å². The van der Waals surface area contributed by atoms with Crippen LogP contribution >= 0.6 is 12.6 Å². The fraction of sp³-hybridized carbons (Fsp3) is 1.00. The predicted molar refractivity (Wildman–Crippen MR) is 45.0 cm³/mol. The lowest BCUT2D eigenvalue weighted by molar-refractivity contribution is 0.275. The molecule has 0 aliphatic heterocycles. The van der Waals surface area contributed by atoms with Crippen LogP contribution in [0, 0.1) is 0 Å². The first-order valence-electron chi connectivity index (χ1n) is 3.23. The van der Waals surface area contributed by atoms with Gasteiger partial charge in [0.1, 0.15) is 0 Å². The highest BCUT2D eigenvalue weighted by atomic mass is 32.1. The zero-order chi connectivity index (χ0) is 7.28. The van der Waals surface area contributed by atoms with Gasteiger partial charge in [-0.25, -0.2) is 0 Å². The predicted octanol–water partition coefficient (Wildman–Crippen LogP) is 0.413. The van der Waals surface area contributed by atoms with E-state index in [4.69, 9.17) is 0 Å². The molecule has 0 fully saturated rings. The van der Waals surface area contributed by atoms with Crippen molar-refractivity contribution in [2.45, 2.75) is 13.1 Å². The van der Waals surface area contributed by atoms with Crippen LogP contribution in [0.5, 0.6) is 0 Å². The first-order valence-corrected chi connectivity index (χ1v) is 3.86. The minimum atomic E-state index is 0.415. The number of nitrogens with zero attached hydrogens (tertiary/aromatic N) is 1. The summed E-state index contributed by atoms with van der Waals surface area (Å²) in [5, 5.41) is 3.28. The van der Waals surface area contributed by atoms with Gasteiger partial charge in [0.2, 0.25) is 0 Å². The summed E-state index contributed by atoms with van der Waals surface area (Å²) >= 11 is 4.18. The third-order valence-corrected chi connectivity index (χ3v) is 1.58. The van der Waals surface area contributed by atoms with E-state index in [0.29, 0.717) is 6.17 Å². The van der Waals surface area contributed by atoms with E-state index in [0.717, 1.165) is 12.3 Å². The molecule has 0 aromatic rings. The molecule has 3 heteroatoms. The van der Waals surface area contributed by atoms with E-state index >= 15 is 0 Å². The normalized spacial score (nSPS) is 14.3. The molecule has 0 amide bonds. The summed E-state index contributed by atoms with van der Waals surface area (Å²) in [5.74, 6) is 0.862. The van der Waals surface area contributed by atoms with Crippen LogP contribution in [-0.2, 0) is 0 Å². The van der Waals surface area contributed by atoms with Gasteiger partial charge in [-0.1, -0.05) is 6.92 Å². The average Bonchev–Trinajstić information content (AvgIpc) is 1.82. The molecule has 0 aromatic heterocycles. The van der Waals surface area contributed by atoms with Gasteiger partial charge in [0.05, 0.1) is 6.17 Å². The van der Waals surface area contributed by atoms with Gasteiger partial charge in [0.25, 0.3) is 0 Å². The maximum absolute atomic E-state index is 4.18. The monoisotopic (exact) mass is 148 g/mol. The molecule has 0 spiro atoms. The van der Waals surface area contributed by atoms with Crippen molar-refractivity contribution in [2.24, 2.45) is 0 Å². The highest BCUT2D eigenvalue weighted by molar-refractivity contribution is 7.80. The average molecular weight is 148 g/mol. The maximum Gasteiger partial charge on any atom is 0.0682 e. The van der Waals surface area contributed by atoms with Crippen molar-refractivity contribution in [3.8, 4) is 0 Å². The summed E-state index contributed by atoms with van der Waals surface area (Å²) in [6.07, 6.45) is 0.415. The Hall–Kier alpha value is 0.270. The SMILES string of the molecule is CCNC(CS)N(C)C. The second-order valence-corrected chi connectivity index (χ2v) is 2.58. The van der Waals surface area contributed by atoms with Crippen LogP contribution in [0.2, 0.25) is 0 Å². The molecule has 0 aliphatic rings. The van der Waals surface area contributed by atoms with Crippen molar-refractivity contribution < 1.29 is 0 Å². The second kappa shape index (κ2) is 5.09. The fourth-order valence-corrected chi connectivity index (χ4v) is 1.10. The quantitative estimate of drug-likeness (QED) is 0.443. The molecule has 0 radical (unpaired) electrons. The Morgan fingerprint density at radius 3 is 2.22 bits per heavy atom. The zero-order valence-electron chi connectivity index (χ0n) is 6.39. The zero-order valence-corrected chi connectivity index (χ0v) is 7.28. The van der Waals surface area contributed by atoms with Gasteiger partial charge in [-0.05, 0) is 20.6 Å². The van der Waals surface area contributed by atoms with Gasteiger partial charge >= 0.3 is 0 Å². The van der Waals surface area contributed by atoms with Crippen LogP contribution in [-0.4, -0.2) is 37.5 Å². The minimum absolute atomic E-state index is 0.415. The van der Waals surface area contributed by atoms with Gasteiger partial charge in [-0.15, -0.1) is 0 Å². The summed E-state index contributed by atoms with van der Waals surface area (Å²) in [5.41, 5.74) is 0. The van der Waals surface area contributed by atoms with Crippen molar-refractivity contribution in [3.63, 3.8) is 0 Å². The third-order valence-electron chi connectivity index (χ3n) is 1.24. The molecule has 0 bridgehead atoms. The van der Waals surface area contributed by atoms with Crippen molar-refractivity contribution in [2.75, 3.05) is 26.4 Å². The lowest BCUT2D eigenvalue weighted by Gasteiger charge is -2.22. The van der Waals surface area contributed by atoms with Crippen LogP contribution in [0.15, 0.2) is 0 Å². The van der Waals surface area contributed by atoms with E-state index in [2.05, 4.69) is 29.8 Å². The molecule has 0 aliphatic carbocycles.